The average Bonchev–Trinajstić information content (AvgIpc) is 2.36. The summed E-state index contributed by atoms with van der Waals surface area (Å²) >= 11 is 0. The number of aromatic nitrogens is 3. The average molecular weight is 142 g/mol. The van der Waals surface area contributed by atoms with E-state index in [-0.39, 0.29) is 5.70 Å². The van der Waals surface area contributed by atoms with Crippen molar-refractivity contribution in [2.45, 2.75) is 6.92 Å². The van der Waals surface area contributed by atoms with Gasteiger partial charge in [0.05, 0.1) is 12.4 Å². The van der Waals surface area contributed by atoms with Crippen LogP contribution in [0.15, 0.2) is 18.3 Å². The molecule has 0 aliphatic carbocycles. The quantitative estimate of drug-likeness (QED) is 0.575. The van der Waals surface area contributed by atoms with Crippen molar-refractivity contribution in [2.24, 2.45) is 5.73 Å². The first-order valence-corrected chi connectivity index (χ1v) is 2.70. The fraction of sp³-hybridized carbons (Fsp3) is 0.200. The highest BCUT2D eigenvalue weighted by molar-refractivity contribution is 5.40. The summed E-state index contributed by atoms with van der Waals surface area (Å²) in [5, 5.41) is 7.33. The Bertz CT molecular complexity index is 234. The maximum atomic E-state index is 12.2. The molecule has 1 heterocycles. The highest BCUT2D eigenvalue weighted by atomic mass is 19.1. The van der Waals surface area contributed by atoms with Crippen molar-refractivity contribution in [3.63, 3.8) is 0 Å². The molecule has 0 aliphatic heterocycles. The van der Waals surface area contributed by atoms with Crippen LogP contribution in [0.3, 0.4) is 0 Å². The van der Waals surface area contributed by atoms with E-state index in [4.69, 9.17) is 5.73 Å². The van der Waals surface area contributed by atoms with Crippen LogP contribution in [0.5, 0.6) is 0 Å². The molecule has 0 atom stereocenters. The summed E-state index contributed by atoms with van der Waals surface area (Å²) in [6.07, 6.45) is 2.90. The lowest BCUT2D eigenvalue weighted by atomic mass is 10.5. The Morgan fingerprint density at radius 3 is 2.40 bits per heavy atom. The number of rotatable bonds is 1. The number of allylic oxidation sites excluding steroid dienone is 1. The molecule has 0 aromatic carbocycles. The van der Waals surface area contributed by atoms with Gasteiger partial charge in [-0.15, -0.1) is 0 Å². The molecule has 1 aromatic heterocycles. The Kier molecular flexibility index (Phi) is 1.66. The Balaban J connectivity index is 2.99. The Morgan fingerprint density at radius 2 is 2.00 bits per heavy atom. The van der Waals surface area contributed by atoms with E-state index >= 15 is 0 Å². The predicted octanol–water partition coefficient (Wildman–Crippen LogP) is 0.352. The van der Waals surface area contributed by atoms with E-state index < -0.39 is 5.95 Å². The van der Waals surface area contributed by atoms with Crippen molar-refractivity contribution in [1.29, 1.82) is 0 Å². The van der Waals surface area contributed by atoms with Crippen LogP contribution in [-0.4, -0.2) is 15.0 Å². The summed E-state index contributed by atoms with van der Waals surface area (Å²) in [5.74, 6) is -0.767. The summed E-state index contributed by atoms with van der Waals surface area (Å²) in [6, 6.07) is 0. The van der Waals surface area contributed by atoms with Crippen molar-refractivity contribution >= 4 is 5.70 Å². The Labute approximate surface area is 57.1 Å². The molecule has 1 aromatic rings. The molecule has 4 nitrogen and oxygen atoms in total. The van der Waals surface area contributed by atoms with E-state index in [1.54, 1.807) is 0 Å². The fourth-order valence-electron chi connectivity index (χ4n) is 0.484. The van der Waals surface area contributed by atoms with Gasteiger partial charge in [-0.25, -0.2) is 0 Å². The first kappa shape index (κ1) is 6.73. The second-order valence-electron chi connectivity index (χ2n) is 1.75. The molecule has 0 radical (unpaired) electrons. The van der Waals surface area contributed by atoms with Crippen molar-refractivity contribution in [3.05, 3.63) is 18.3 Å². The van der Waals surface area contributed by atoms with Gasteiger partial charge in [0.2, 0.25) is 5.95 Å². The summed E-state index contributed by atoms with van der Waals surface area (Å²) in [4.78, 5) is 1.12. The molecule has 0 amide bonds. The first-order valence-electron chi connectivity index (χ1n) is 2.70. The van der Waals surface area contributed by atoms with Gasteiger partial charge in [-0.2, -0.15) is 19.4 Å². The molecule has 0 fully saturated rings. The molecule has 54 valence electrons. The molecule has 10 heavy (non-hydrogen) atoms. The van der Waals surface area contributed by atoms with Crippen LogP contribution in [0.25, 0.3) is 5.70 Å². The zero-order valence-corrected chi connectivity index (χ0v) is 5.45. The Morgan fingerprint density at radius 1 is 1.50 bits per heavy atom. The summed E-state index contributed by atoms with van der Waals surface area (Å²) < 4.78 is 12.2. The third-order valence-electron chi connectivity index (χ3n) is 1.06. The van der Waals surface area contributed by atoms with Crippen LogP contribution in [0.1, 0.15) is 6.92 Å². The fourth-order valence-corrected chi connectivity index (χ4v) is 0.484. The van der Waals surface area contributed by atoms with Crippen LogP contribution in [0.2, 0.25) is 0 Å². The molecule has 1 rings (SSSR count). The molecule has 0 spiro atoms. The van der Waals surface area contributed by atoms with Crippen molar-refractivity contribution in [1.82, 2.24) is 15.0 Å². The van der Waals surface area contributed by atoms with Gasteiger partial charge < -0.3 is 5.73 Å². The zero-order valence-electron chi connectivity index (χ0n) is 5.45. The van der Waals surface area contributed by atoms with Gasteiger partial charge in [-0.1, -0.05) is 0 Å². The lowest BCUT2D eigenvalue weighted by molar-refractivity contribution is 0.607. The van der Waals surface area contributed by atoms with Gasteiger partial charge >= 0.3 is 0 Å². The highest BCUT2D eigenvalue weighted by Crippen LogP contribution is 2.01. The highest BCUT2D eigenvalue weighted by Gasteiger charge is 1.98. The van der Waals surface area contributed by atoms with Crippen LogP contribution in [0.4, 0.5) is 4.39 Å². The molecule has 0 bridgehead atoms. The van der Waals surface area contributed by atoms with E-state index in [2.05, 4.69) is 10.2 Å². The topological polar surface area (TPSA) is 56.7 Å². The number of halogens is 1. The maximum absolute atomic E-state index is 12.2. The second-order valence-corrected chi connectivity index (χ2v) is 1.75. The van der Waals surface area contributed by atoms with Crippen molar-refractivity contribution in [3.8, 4) is 0 Å². The summed E-state index contributed by atoms with van der Waals surface area (Å²) in [6.45, 7) is 1.50. The SMILES string of the molecule is C/C(=C(\N)F)n1nccn1. The van der Waals surface area contributed by atoms with Gasteiger partial charge in [0.1, 0.15) is 5.70 Å². The molecular weight excluding hydrogens is 135 g/mol. The molecule has 0 saturated carbocycles. The van der Waals surface area contributed by atoms with Crippen LogP contribution < -0.4 is 5.73 Å². The minimum absolute atomic E-state index is 0.199. The molecule has 5 heteroatoms. The normalized spacial score (nSPS) is 13.0. The van der Waals surface area contributed by atoms with Crippen LogP contribution in [0, 0.1) is 0 Å². The molecule has 0 aliphatic rings. The molecule has 0 saturated heterocycles. The second kappa shape index (κ2) is 2.47. The smallest absolute Gasteiger partial charge is 0.207 e. The van der Waals surface area contributed by atoms with Gasteiger partial charge in [0.25, 0.3) is 0 Å². The largest absolute Gasteiger partial charge is 0.374 e. The minimum atomic E-state index is -0.767. The van der Waals surface area contributed by atoms with Gasteiger partial charge in [-0.3, -0.25) is 0 Å². The molecule has 2 N–H and O–H groups in total. The number of hydrogen-bond acceptors (Lipinski definition) is 3. The number of nitrogens with two attached hydrogens (primary N) is 1. The summed E-state index contributed by atoms with van der Waals surface area (Å²) in [7, 11) is 0. The monoisotopic (exact) mass is 142 g/mol. The lowest BCUT2D eigenvalue weighted by Crippen LogP contribution is -2.04. The van der Waals surface area contributed by atoms with Gasteiger partial charge in [0.15, 0.2) is 0 Å². The van der Waals surface area contributed by atoms with Gasteiger partial charge in [0, 0.05) is 0 Å². The standard InChI is InChI=1S/C5H7FN4/c1-4(5(6)7)10-8-2-3-9-10/h2-3H,7H2,1H3/b5-4+. The van der Waals surface area contributed by atoms with Crippen LogP contribution in [-0.2, 0) is 0 Å². The number of nitrogens with zero attached hydrogens (tertiary/aromatic N) is 3. The lowest BCUT2D eigenvalue weighted by Gasteiger charge is -1.96. The first-order chi connectivity index (χ1) is 4.72. The van der Waals surface area contributed by atoms with Crippen molar-refractivity contribution < 1.29 is 4.39 Å². The van der Waals surface area contributed by atoms with Gasteiger partial charge in [-0.05, 0) is 6.92 Å². The van der Waals surface area contributed by atoms with E-state index in [1.807, 2.05) is 0 Å². The molecule has 0 unspecified atom stereocenters. The third-order valence-corrected chi connectivity index (χ3v) is 1.06. The van der Waals surface area contributed by atoms with E-state index in [9.17, 15) is 4.39 Å². The van der Waals surface area contributed by atoms with E-state index in [0.29, 0.717) is 0 Å². The maximum Gasteiger partial charge on any atom is 0.207 e. The Hall–Kier alpha value is -1.39. The third kappa shape index (κ3) is 1.12. The van der Waals surface area contributed by atoms with E-state index in [0.717, 1.165) is 4.80 Å². The number of hydrogen-bond donors (Lipinski definition) is 1. The zero-order chi connectivity index (χ0) is 7.56. The minimum Gasteiger partial charge on any atom is -0.374 e. The van der Waals surface area contributed by atoms with Crippen LogP contribution >= 0.6 is 0 Å². The van der Waals surface area contributed by atoms with Crippen molar-refractivity contribution in [2.75, 3.05) is 0 Å². The molecular formula is C5H7FN4. The summed E-state index contributed by atoms with van der Waals surface area (Å²) in [5.41, 5.74) is 5.04. The van der Waals surface area contributed by atoms with E-state index in [1.165, 1.54) is 19.3 Å². The predicted molar refractivity (Wildman–Crippen MR) is 34.2 cm³/mol.